The van der Waals surface area contributed by atoms with E-state index in [1.807, 2.05) is 32.2 Å². The SMILES string of the molecule is CCC(NC(=O)COc1cccc(-n2cnnn2)c1)c1ccnn1C. The van der Waals surface area contributed by atoms with E-state index in [1.165, 1.54) is 11.0 Å². The van der Waals surface area contributed by atoms with Crippen molar-refractivity contribution in [1.82, 2.24) is 35.3 Å². The largest absolute Gasteiger partial charge is 0.484 e. The molecule has 3 rings (SSSR count). The van der Waals surface area contributed by atoms with Gasteiger partial charge < -0.3 is 10.1 Å². The van der Waals surface area contributed by atoms with Gasteiger partial charge in [-0.25, -0.2) is 4.68 Å². The Morgan fingerprint density at radius 3 is 2.92 bits per heavy atom. The molecule has 25 heavy (non-hydrogen) atoms. The van der Waals surface area contributed by atoms with Crippen LogP contribution in [0, 0.1) is 0 Å². The van der Waals surface area contributed by atoms with Gasteiger partial charge in [0.15, 0.2) is 6.61 Å². The second-order valence-electron chi connectivity index (χ2n) is 5.45. The van der Waals surface area contributed by atoms with Crippen LogP contribution >= 0.6 is 0 Å². The third-order valence-corrected chi connectivity index (χ3v) is 3.76. The molecule has 0 aliphatic carbocycles. The van der Waals surface area contributed by atoms with E-state index in [1.54, 1.807) is 23.0 Å². The van der Waals surface area contributed by atoms with E-state index in [-0.39, 0.29) is 18.6 Å². The van der Waals surface area contributed by atoms with Gasteiger partial charge in [-0.3, -0.25) is 9.48 Å². The van der Waals surface area contributed by atoms with Crippen LogP contribution in [0.25, 0.3) is 5.69 Å². The summed E-state index contributed by atoms with van der Waals surface area (Å²) in [5, 5.41) is 18.1. The van der Waals surface area contributed by atoms with E-state index in [2.05, 4.69) is 25.9 Å². The third-order valence-electron chi connectivity index (χ3n) is 3.76. The van der Waals surface area contributed by atoms with Gasteiger partial charge in [0.2, 0.25) is 0 Å². The summed E-state index contributed by atoms with van der Waals surface area (Å²) in [5.74, 6) is 0.373. The number of tetrazole rings is 1. The average molecular weight is 341 g/mol. The summed E-state index contributed by atoms with van der Waals surface area (Å²) in [4.78, 5) is 12.2. The van der Waals surface area contributed by atoms with Crippen LogP contribution in [-0.2, 0) is 11.8 Å². The van der Waals surface area contributed by atoms with Gasteiger partial charge in [0.25, 0.3) is 5.91 Å². The Morgan fingerprint density at radius 2 is 2.24 bits per heavy atom. The number of aromatic nitrogens is 6. The van der Waals surface area contributed by atoms with Gasteiger partial charge in [0.05, 0.1) is 17.4 Å². The van der Waals surface area contributed by atoms with E-state index in [0.717, 1.165) is 17.8 Å². The number of nitrogens with one attached hydrogen (secondary N) is 1. The Balaban J connectivity index is 1.59. The molecule has 1 aromatic carbocycles. The van der Waals surface area contributed by atoms with Crippen molar-refractivity contribution in [3.63, 3.8) is 0 Å². The molecular weight excluding hydrogens is 322 g/mol. The van der Waals surface area contributed by atoms with Crippen LogP contribution in [0.5, 0.6) is 5.75 Å². The van der Waals surface area contributed by atoms with Gasteiger partial charge in [-0.1, -0.05) is 13.0 Å². The molecule has 1 atom stereocenters. The second-order valence-corrected chi connectivity index (χ2v) is 5.45. The van der Waals surface area contributed by atoms with Gasteiger partial charge in [-0.15, -0.1) is 5.10 Å². The first-order valence-electron chi connectivity index (χ1n) is 7.91. The molecule has 2 heterocycles. The fourth-order valence-electron chi connectivity index (χ4n) is 2.49. The van der Waals surface area contributed by atoms with Gasteiger partial charge in [-0.05, 0) is 35.0 Å². The van der Waals surface area contributed by atoms with Gasteiger partial charge >= 0.3 is 0 Å². The normalized spacial score (nSPS) is 11.9. The van der Waals surface area contributed by atoms with E-state index in [0.29, 0.717) is 5.75 Å². The van der Waals surface area contributed by atoms with Crippen LogP contribution < -0.4 is 10.1 Å². The van der Waals surface area contributed by atoms with Crippen molar-refractivity contribution in [3.8, 4) is 11.4 Å². The molecule has 0 aliphatic heterocycles. The summed E-state index contributed by atoms with van der Waals surface area (Å²) in [6.07, 6.45) is 3.97. The highest BCUT2D eigenvalue weighted by Crippen LogP contribution is 2.17. The monoisotopic (exact) mass is 341 g/mol. The Labute approximate surface area is 144 Å². The molecule has 0 saturated heterocycles. The first-order valence-corrected chi connectivity index (χ1v) is 7.91. The lowest BCUT2D eigenvalue weighted by molar-refractivity contribution is -0.123. The molecule has 2 aromatic heterocycles. The predicted molar refractivity (Wildman–Crippen MR) is 89.0 cm³/mol. The Kier molecular flexibility index (Phi) is 5.03. The van der Waals surface area contributed by atoms with Crippen LogP contribution in [0.1, 0.15) is 25.1 Å². The highest BCUT2D eigenvalue weighted by molar-refractivity contribution is 5.78. The number of hydrogen-bond donors (Lipinski definition) is 1. The van der Waals surface area contributed by atoms with Crippen molar-refractivity contribution in [2.75, 3.05) is 6.61 Å². The van der Waals surface area contributed by atoms with E-state index < -0.39 is 0 Å². The molecule has 9 heteroatoms. The molecule has 0 saturated carbocycles. The zero-order valence-electron chi connectivity index (χ0n) is 14.0. The summed E-state index contributed by atoms with van der Waals surface area (Å²) in [7, 11) is 1.85. The molecule has 3 aromatic rings. The zero-order chi connectivity index (χ0) is 17.6. The number of hydrogen-bond acceptors (Lipinski definition) is 6. The van der Waals surface area contributed by atoms with E-state index in [9.17, 15) is 4.79 Å². The number of carbonyl (C=O) groups is 1. The molecule has 1 unspecified atom stereocenters. The third kappa shape index (κ3) is 4.00. The Bertz CT molecular complexity index is 829. The van der Waals surface area contributed by atoms with Gasteiger partial charge in [-0.2, -0.15) is 5.10 Å². The van der Waals surface area contributed by atoms with E-state index in [4.69, 9.17) is 4.74 Å². The van der Waals surface area contributed by atoms with Crippen LogP contribution in [0.15, 0.2) is 42.9 Å². The van der Waals surface area contributed by atoms with Crippen molar-refractivity contribution in [3.05, 3.63) is 48.5 Å². The van der Waals surface area contributed by atoms with Crippen molar-refractivity contribution in [1.29, 1.82) is 0 Å². The summed E-state index contributed by atoms with van der Waals surface area (Å²) < 4.78 is 8.85. The molecule has 1 amide bonds. The quantitative estimate of drug-likeness (QED) is 0.689. The lowest BCUT2D eigenvalue weighted by Crippen LogP contribution is -2.33. The van der Waals surface area contributed by atoms with E-state index >= 15 is 0 Å². The van der Waals surface area contributed by atoms with Crippen molar-refractivity contribution < 1.29 is 9.53 Å². The van der Waals surface area contributed by atoms with Crippen LogP contribution in [0.3, 0.4) is 0 Å². The summed E-state index contributed by atoms with van der Waals surface area (Å²) in [6, 6.07) is 9.00. The minimum Gasteiger partial charge on any atom is -0.484 e. The van der Waals surface area contributed by atoms with Crippen molar-refractivity contribution >= 4 is 5.91 Å². The number of aryl methyl sites for hydroxylation is 1. The molecule has 130 valence electrons. The standard InChI is InChI=1S/C16H19N7O2/c1-3-14(15-7-8-18-22(15)2)19-16(24)10-25-13-6-4-5-12(9-13)23-11-17-20-21-23/h4-9,11,14H,3,10H2,1-2H3,(H,19,24). The fourth-order valence-corrected chi connectivity index (χ4v) is 2.49. The lowest BCUT2D eigenvalue weighted by atomic mass is 10.1. The van der Waals surface area contributed by atoms with Crippen LogP contribution in [0.2, 0.25) is 0 Å². The lowest BCUT2D eigenvalue weighted by Gasteiger charge is -2.17. The first kappa shape index (κ1) is 16.6. The Morgan fingerprint density at radius 1 is 1.36 bits per heavy atom. The number of benzene rings is 1. The number of amides is 1. The second kappa shape index (κ2) is 7.56. The molecule has 0 aliphatic rings. The number of rotatable bonds is 7. The highest BCUT2D eigenvalue weighted by Gasteiger charge is 2.16. The highest BCUT2D eigenvalue weighted by atomic mass is 16.5. The topological polar surface area (TPSA) is 99.8 Å². The maximum Gasteiger partial charge on any atom is 0.258 e. The van der Waals surface area contributed by atoms with Crippen molar-refractivity contribution in [2.45, 2.75) is 19.4 Å². The fraction of sp³-hybridized carbons (Fsp3) is 0.312. The number of nitrogens with zero attached hydrogens (tertiary/aromatic N) is 6. The first-order chi connectivity index (χ1) is 12.2. The molecule has 9 nitrogen and oxygen atoms in total. The van der Waals surface area contributed by atoms with Gasteiger partial charge in [0, 0.05) is 19.3 Å². The average Bonchev–Trinajstić information content (AvgIpc) is 3.30. The molecule has 0 radical (unpaired) electrons. The molecule has 0 spiro atoms. The van der Waals surface area contributed by atoms with Gasteiger partial charge in [0.1, 0.15) is 12.1 Å². The van der Waals surface area contributed by atoms with Crippen LogP contribution in [0.4, 0.5) is 0 Å². The Hall–Kier alpha value is -3.23. The zero-order valence-corrected chi connectivity index (χ0v) is 14.0. The minimum absolute atomic E-state index is 0.0760. The number of carbonyl (C=O) groups excluding carboxylic acids is 1. The minimum atomic E-state index is -0.194. The molecule has 1 N–H and O–H groups in total. The van der Waals surface area contributed by atoms with Crippen molar-refractivity contribution in [2.24, 2.45) is 7.05 Å². The smallest absolute Gasteiger partial charge is 0.258 e. The number of ether oxygens (including phenoxy) is 1. The predicted octanol–water partition coefficient (Wildman–Crippen LogP) is 1.04. The molecule has 0 fully saturated rings. The summed E-state index contributed by atoms with van der Waals surface area (Å²) >= 11 is 0. The summed E-state index contributed by atoms with van der Waals surface area (Å²) in [5.41, 5.74) is 1.71. The molecule has 0 bridgehead atoms. The maximum absolute atomic E-state index is 12.2. The van der Waals surface area contributed by atoms with Crippen LogP contribution in [-0.4, -0.2) is 42.5 Å². The molecular formula is C16H19N7O2. The summed E-state index contributed by atoms with van der Waals surface area (Å²) in [6.45, 7) is 1.93. The maximum atomic E-state index is 12.2.